The summed E-state index contributed by atoms with van der Waals surface area (Å²) in [6.07, 6.45) is 1.96. The molecule has 19 heavy (non-hydrogen) atoms. The van der Waals surface area contributed by atoms with E-state index in [1.165, 1.54) is 0 Å². The number of rotatable bonds is 4. The molecule has 8 heteroatoms. The van der Waals surface area contributed by atoms with E-state index in [-0.39, 0.29) is 0 Å². The van der Waals surface area contributed by atoms with Crippen molar-refractivity contribution in [3.63, 3.8) is 0 Å². The van der Waals surface area contributed by atoms with Gasteiger partial charge in [0.2, 0.25) is 5.16 Å². The van der Waals surface area contributed by atoms with Crippen molar-refractivity contribution in [1.29, 1.82) is 0 Å². The van der Waals surface area contributed by atoms with Crippen LogP contribution in [0.5, 0.6) is 0 Å². The van der Waals surface area contributed by atoms with E-state index in [9.17, 15) is 0 Å². The van der Waals surface area contributed by atoms with Crippen LogP contribution in [0.4, 0.5) is 0 Å². The average molecular weight is 297 g/mol. The fourth-order valence-electron chi connectivity index (χ4n) is 2.05. The number of thiazole rings is 1. The Balaban J connectivity index is 1.66. The lowest BCUT2D eigenvalue weighted by atomic mass is 10.1. The predicted octanol–water partition coefficient (Wildman–Crippen LogP) is 2.08. The van der Waals surface area contributed by atoms with E-state index in [4.69, 9.17) is 4.74 Å². The van der Waals surface area contributed by atoms with Crippen molar-refractivity contribution in [3.8, 4) is 0 Å². The maximum Gasteiger partial charge on any atom is 0.209 e. The summed E-state index contributed by atoms with van der Waals surface area (Å²) >= 11 is 3.32. The minimum Gasteiger partial charge on any atom is -0.381 e. The SMILES string of the molecule is Cc1nc(CSc2nnnn2C2CCOCC2)cs1. The number of aromatic nitrogens is 5. The van der Waals surface area contributed by atoms with Crippen LogP contribution in [0.15, 0.2) is 10.5 Å². The summed E-state index contributed by atoms with van der Waals surface area (Å²) < 4.78 is 7.31. The van der Waals surface area contributed by atoms with Gasteiger partial charge in [-0.2, -0.15) is 0 Å². The van der Waals surface area contributed by atoms with Gasteiger partial charge in [0.1, 0.15) is 0 Å². The average Bonchev–Trinajstić information content (AvgIpc) is 3.06. The highest BCUT2D eigenvalue weighted by atomic mass is 32.2. The van der Waals surface area contributed by atoms with Gasteiger partial charge in [0.15, 0.2) is 0 Å². The fourth-order valence-corrected chi connectivity index (χ4v) is 3.61. The molecule has 0 spiro atoms. The number of thioether (sulfide) groups is 1. The van der Waals surface area contributed by atoms with Crippen molar-refractivity contribution in [3.05, 3.63) is 16.1 Å². The van der Waals surface area contributed by atoms with Crippen LogP contribution in [0.3, 0.4) is 0 Å². The molecule has 102 valence electrons. The van der Waals surface area contributed by atoms with Crippen molar-refractivity contribution in [1.82, 2.24) is 25.2 Å². The van der Waals surface area contributed by atoms with Crippen LogP contribution < -0.4 is 0 Å². The Kier molecular flexibility index (Phi) is 4.09. The second-order valence-corrected chi connectivity index (χ2v) is 6.40. The molecule has 1 fully saturated rings. The zero-order valence-electron chi connectivity index (χ0n) is 10.7. The van der Waals surface area contributed by atoms with Crippen LogP contribution in [0.1, 0.15) is 29.6 Å². The first-order chi connectivity index (χ1) is 9.33. The van der Waals surface area contributed by atoms with Gasteiger partial charge in [-0.05, 0) is 30.2 Å². The molecule has 2 aromatic rings. The third-order valence-electron chi connectivity index (χ3n) is 3.02. The topological polar surface area (TPSA) is 65.7 Å². The first kappa shape index (κ1) is 13.0. The molecule has 1 aliphatic heterocycles. The molecule has 2 aromatic heterocycles. The van der Waals surface area contributed by atoms with Crippen molar-refractivity contribution in [2.45, 2.75) is 36.7 Å². The van der Waals surface area contributed by atoms with E-state index in [1.54, 1.807) is 23.1 Å². The van der Waals surface area contributed by atoms with E-state index in [0.717, 1.165) is 47.7 Å². The Labute approximate surface area is 119 Å². The molecular formula is C11H15N5OS2. The number of tetrazole rings is 1. The molecule has 0 radical (unpaired) electrons. The van der Waals surface area contributed by atoms with E-state index in [1.807, 2.05) is 11.6 Å². The van der Waals surface area contributed by atoms with Gasteiger partial charge in [0.25, 0.3) is 0 Å². The van der Waals surface area contributed by atoms with Crippen LogP contribution in [0.2, 0.25) is 0 Å². The molecule has 3 rings (SSSR count). The molecule has 0 bridgehead atoms. The summed E-state index contributed by atoms with van der Waals surface area (Å²) in [5.74, 6) is 0.813. The Hall–Kier alpha value is -0.990. The third-order valence-corrected chi connectivity index (χ3v) is 4.80. The second-order valence-electron chi connectivity index (χ2n) is 4.40. The first-order valence-corrected chi connectivity index (χ1v) is 8.09. The maximum absolute atomic E-state index is 5.37. The molecule has 1 aliphatic rings. The standard InChI is InChI=1S/C11H15N5OS2/c1-8-12-9(6-18-8)7-19-11-13-14-15-16(11)10-2-4-17-5-3-10/h6,10H,2-5,7H2,1H3. The second kappa shape index (κ2) is 5.98. The Bertz CT molecular complexity index is 535. The number of aryl methyl sites for hydroxylation is 1. The molecule has 0 atom stereocenters. The summed E-state index contributed by atoms with van der Waals surface area (Å²) in [5.41, 5.74) is 1.09. The lowest BCUT2D eigenvalue weighted by molar-refractivity contribution is 0.0631. The Morgan fingerprint density at radius 2 is 2.32 bits per heavy atom. The van der Waals surface area contributed by atoms with Gasteiger partial charge in [-0.25, -0.2) is 9.67 Å². The maximum atomic E-state index is 5.37. The lowest BCUT2D eigenvalue weighted by Crippen LogP contribution is -2.21. The quantitative estimate of drug-likeness (QED) is 0.805. The van der Waals surface area contributed by atoms with Crippen LogP contribution in [0.25, 0.3) is 0 Å². The number of ether oxygens (including phenoxy) is 1. The highest BCUT2D eigenvalue weighted by Gasteiger charge is 2.20. The van der Waals surface area contributed by atoms with Gasteiger partial charge in [0, 0.05) is 24.3 Å². The van der Waals surface area contributed by atoms with Gasteiger partial charge in [-0.3, -0.25) is 0 Å². The largest absolute Gasteiger partial charge is 0.381 e. The van der Waals surface area contributed by atoms with E-state index < -0.39 is 0 Å². The van der Waals surface area contributed by atoms with Gasteiger partial charge in [0.05, 0.1) is 16.7 Å². The number of hydrogen-bond donors (Lipinski definition) is 0. The molecule has 0 amide bonds. The highest BCUT2D eigenvalue weighted by Crippen LogP contribution is 2.27. The molecule has 0 N–H and O–H groups in total. The Morgan fingerprint density at radius 3 is 3.05 bits per heavy atom. The molecule has 3 heterocycles. The molecule has 0 aliphatic carbocycles. The van der Waals surface area contributed by atoms with Crippen molar-refractivity contribution in [2.75, 3.05) is 13.2 Å². The monoisotopic (exact) mass is 297 g/mol. The normalized spacial score (nSPS) is 16.9. The van der Waals surface area contributed by atoms with Gasteiger partial charge in [-0.1, -0.05) is 11.8 Å². The molecular weight excluding hydrogens is 282 g/mol. The number of hydrogen-bond acceptors (Lipinski definition) is 7. The molecule has 1 saturated heterocycles. The fraction of sp³-hybridized carbons (Fsp3) is 0.636. The van der Waals surface area contributed by atoms with Crippen molar-refractivity contribution < 1.29 is 4.74 Å². The molecule has 6 nitrogen and oxygen atoms in total. The Morgan fingerprint density at radius 1 is 1.47 bits per heavy atom. The minimum absolute atomic E-state index is 0.364. The van der Waals surface area contributed by atoms with Gasteiger partial charge >= 0.3 is 0 Å². The van der Waals surface area contributed by atoms with E-state index in [0.29, 0.717) is 6.04 Å². The zero-order chi connectivity index (χ0) is 13.1. The highest BCUT2D eigenvalue weighted by molar-refractivity contribution is 7.98. The zero-order valence-corrected chi connectivity index (χ0v) is 12.3. The molecule has 0 aromatic carbocycles. The summed E-state index contributed by atoms with van der Waals surface area (Å²) in [6, 6.07) is 0.364. The summed E-state index contributed by atoms with van der Waals surface area (Å²) in [7, 11) is 0. The summed E-state index contributed by atoms with van der Waals surface area (Å²) in [6.45, 7) is 3.60. The molecule has 0 saturated carbocycles. The van der Waals surface area contributed by atoms with Crippen LogP contribution in [0, 0.1) is 6.92 Å². The smallest absolute Gasteiger partial charge is 0.209 e. The van der Waals surface area contributed by atoms with Gasteiger partial charge in [-0.15, -0.1) is 16.4 Å². The van der Waals surface area contributed by atoms with Crippen LogP contribution >= 0.6 is 23.1 Å². The van der Waals surface area contributed by atoms with Crippen molar-refractivity contribution in [2.24, 2.45) is 0 Å². The van der Waals surface area contributed by atoms with Crippen LogP contribution in [-0.2, 0) is 10.5 Å². The summed E-state index contributed by atoms with van der Waals surface area (Å²) in [5, 5.41) is 16.1. The minimum atomic E-state index is 0.364. The van der Waals surface area contributed by atoms with E-state index >= 15 is 0 Å². The molecule has 0 unspecified atom stereocenters. The van der Waals surface area contributed by atoms with Crippen LogP contribution in [-0.4, -0.2) is 38.4 Å². The predicted molar refractivity (Wildman–Crippen MR) is 73.3 cm³/mol. The first-order valence-electron chi connectivity index (χ1n) is 6.22. The number of nitrogens with zero attached hydrogens (tertiary/aromatic N) is 5. The van der Waals surface area contributed by atoms with Gasteiger partial charge < -0.3 is 4.74 Å². The van der Waals surface area contributed by atoms with E-state index in [2.05, 4.69) is 25.9 Å². The third kappa shape index (κ3) is 3.13. The lowest BCUT2D eigenvalue weighted by Gasteiger charge is -2.22. The van der Waals surface area contributed by atoms with Crippen molar-refractivity contribution >= 4 is 23.1 Å². The summed E-state index contributed by atoms with van der Waals surface area (Å²) in [4.78, 5) is 4.45.